The summed E-state index contributed by atoms with van der Waals surface area (Å²) in [7, 11) is 0. The molecule has 1 saturated heterocycles. The van der Waals surface area contributed by atoms with Crippen LogP contribution < -0.4 is 5.56 Å². The largest absolute Gasteiger partial charge is 0.381 e. The Morgan fingerprint density at radius 1 is 1.71 bits per heavy atom. The number of nitrogens with zero attached hydrogens (tertiary/aromatic N) is 1. The molecule has 1 fully saturated rings. The van der Waals surface area contributed by atoms with Crippen LogP contribution in [0, 0.1) is 10.7 Å². The smallest absolute Gasteiger partial charge is 0.251 e. The van der Waals surface area contributed by atoms with Gasteiger partial charge in [-0.05, 0) is 18.6 Å². The summed E-state index contributed by atoms with van der Waals surface area (Å²) in [5.41, 5.74) is -0.145. The molecule has 0 saturated carbocycles. The highest BCUT2D eigenvalue weighted by Gasteiger charge is 2.15. The Kier molecular flexibility index (Phi) is 2.79. The normalized spacial score (nSPS) is 21.3. The maximum atomic E-state index is 10.9. The van der Waals surface area contributed by atoms with Crippen LogP contribution >= 0.6 is 12.2 Å². The topological polar surface area (TPSA) is 47.0 Å². The van der Waals surface area contributed by atoms with Crippen LogP contribution in [0.1, 0.15) is 6.42 Å². The molecule has 0 spiro atoms. The van der Waals surface area contributed by atoms with E-state index in [0.717, 1.165) is 26.2 Å². The molecule has 76 valence electrons. The minimum atomic E-state index is -0.145. The molecule has 0 amide bonds. The van der Waals surface area contributed by atoms with E-state index in [1.165, 1.54) is 6.07 Å². The molecule has 14 heavy (non-hydrogen) atoms. The number of hydrogen-bond donors (Lipinski definition) is 1. The van der Waals surface area contributed by atoms with Crippen molar-refractivity contribution in [2.75, 3.05) is 13.2 Å². The summed E-state index contributed by atoms with van der Waals surface area (Å²) in [6, 6.07) is 1.49. The van der Waals surface area contributed by atoms with Crippen LogP contribution in [0.25, 0.3) is 0 Å². The van der Waals surface area contributed by atoms with Crippen molar-refractivity contribution < 1.29 is 4.74 Å². The molecule has 1 aromatic rings. The predicted molar refractivity (Wildman–Crippen MR) is 54.8 cm³/mol. The van der Waals surface area contributed by atoms with E-state index in [-0.39, 0.29) is 5.56 Å². The number of hydrogen-bond acceptors (Lipinski definition) is 3. The van der Waals surface area contributed by atoms with Gasteiger partial charge in [-0.3, -0.25) is 9.78 Å². The van der Waals surface area contributed by atoms with E-state index in [9.17, 15) is 4.79 Å². The molecule has 4 nitrogen and oxygen atoms in total. The molecule has 1 aromatic heterocycles. The van der Waals surface area contributed by atoms with Gasteiger partial charge in [0.15, 0.2) is 4.77 Å². The fourth-order valence-corrected chi connectivity index (χ4v) is 1.83. The molecule has 1 unspecified atom stereocenters. The number of rotatable bonds is 2. The molecule has 5 heteroatoms. The van der Waals surface area contributed by atoms with E-state index >= 15 is 0 Å². The average molecular weight is 212 g/mol. The molecule has 2 rings (SSSR count). The fraction of sp³-hybridized carbons (Fsp3) is 0.556. The minimum Gasteiger partial charge on any atom is -0.381 e. The molecule has 1 aliphatic heterocycles. The van der Waals surface area contributed by atoms with Gasteiger partial charge in [-0.25, -0.2) is 0 Å². The second kappa shape index (κ2) is 4.06. The van der Waals surface area contributed by atoms with Crippen LogP contribution in [0.3, 0.4) is 0 Å². The average Bonchev–Trinajstić information content (AvgIpc) is 2.62. The van der Waals surface area contributed by atoms with Crippen molar-refractivity contribution in [2.24, 2.45) is 5.92 Å². The SMILES string of the molecule is O=c1ccn(CC2CCOC2)c(=S)[nH]1. The van der Waals surface area contributed by atoms with Crippen LogP contribution in [0.5, 0.6) is 0 Å². The molecule has 2 heterocycles. The summed E-state index contributed by atoms with van der Waals surface area (Å²) < 4.78 is 7.65. The van der Waals surface area contributed by atoms with E-state index < -0.39 is 0 Å². The Labute approximate surface area is 86.5 Å². The second-order valence-electron chi connectivity index (χ2n) is 3.49. The molecule has 0 radical (unpaired) electrons. The second-order valence-corrected chi connectivity index (χ2v) is 3.88. The lowest BCUT2D eigenvalue weighted by Crippen LogP contribution is -2.16. The zero-order valence-electron chi connectivity index (χ0n) is 7.73. The number of aromatic amines is 1. The van der Waals surface area contributed by atoms with Gasteiger partial charge in [-0.15, -0.1) is 0 Å². The first-order chi connectivity index (χ1) is 6.75. The molecular weight excluding hydrogens is 200 g/mol. The van der Waals surface area contributed by atoms with Gasteiger partial charge >= 0.3 is 0 Å². The number of ether oxygens (including phenoxy) is 1. The fourth-order valence-electron chi connectivity index (χ4n) is 1.59. The van der Waals surface area contributed by atoms with Crippen LogP contribution in [-0.4, -0.2) is 22.8 Å². The summed E-state index contributed by atoms with van der Waals surface area (Å²) in [6.45, 7) is 2.46. The van der Waals surface area contributed by atoms with Gasteiger partial charge < -0.3 is 9.30 Å². The van der Waals surface area contributed by atoms with Gasteiger partial charge in [-0.1, -0.05) is 0 Å². The van der Waals surface area contributed by atoms with Crippen molar-refractivity contribution in [3.8, 4) is 0 Å². The lowest BCUT2D eigenvalue weighted by Gasteiger charge is -2.10. The van der Waals surface area contributed by atoms with Crippen molar-refractivity contribution in [3.63, 3.8) is 0 Å². The third kappa shape index (κ3) is 2.10. The van der Waals surface area contributed by atoms with Gasteiger partial charge in [0, 0.05) is 31.3 Å². The van der Waals surface area contributed by atoms with E-state index in [1.54, 1.807) is 6.20 Å². The number of H-pyrrole nitrogens is 1. The van der Waals surface area contributed by atoms with E-state index in [1.807, 2.05) is 4.57 Å². The maximum Gasteiger partial charge on any atom is 0.251 e. The zero-order valence-corrected chi connectivity index (χ0v) is 8.55. The molecule has 0 aliphatic carbocycles. The third-order valence-electron chi connectivity index (χ3n) is 2.38. The summed E-state index contributed by atoms with van der Waals surface area (Å²) >= 11 is 5.04. The lowest BCUT2D eigenvalue weighted by atomic mass is 10.1. The summed E-state index contributed by atoms with van der Waals surface area (Å²) in [5, 5.41) is 0. The summed E-state index contributed by atoms with van der Waals surface area (Å²) in [4.78, 5) is 13.5. The van der Waals surface area contributed by atoms with Crippen molar-refractivity contribution in [3.05, 3.63) is 27.4 Å². The van der Waals surface area contributed by atoms with E-state index in [4.69, 9.17) is 17.0 Å². The van der Waals surface area contributed by atoms with Gasteiger partial charge in [0.1, 0.15) is 0 Å². The number of aromatic nitrogens is 2. The van der Waals surface area contributed by atoms with Crippen molar-refractivity contribution in [2.45, 2.75) is 13.0 Å². The Balaban J connectivity index is 2.16. The predicted octanol–water partition coefficient (Wildman–Crippen LogP) is 0.942. The highest BCUT2D eigenvalue weighted by Crippen LogP contribution is 2.14. The highest BCUT2D eigenvalue weighted by atomic mass is 32.1. The van der Waals surface area contributed by atoms with Crippen molar-refractivity contribution in [1.29, 1.82) is 0 Å². The van der Waals surface area contributed by atoms with E-state index in [0.29, 0.717) is 10.7 Å². The molecule has 0 aromatic carbocycles. The first-order valence-corrected chi connectivity index (χ1v) is 5.04. The Hall–Kier alpha value is -0.940. The first-order valence-electron chi connectivity index (χ1n) is 4.63. The third-order valence-corrected chi connectivity index (χ3v) is 2.71. The monoisotopic (exact) mass is 212 g/mol. The maximum absolute atomic E-state index is 10.9. The Morgan fingerprint density at radius 2 is 2.57 bits per heavy atom. The highest BCUT2D eigenvalue weighted by molar-refractivity contribution is 7.71. The standard InChI is InChI=1S/C9H12N2O2S/c12-8-1-3-11(9(14)10-8)5-7-2-4-13-6-7/h1,3,7H,2,4-6H2,(H,10,12,14). The van der Waals surface area contributed by atoms with Crippen LogP contribution in [0.15, 0.2) is 17.1 Å². The van der Waals surface area contributed by atoms with Gasteiger partial charge in [-0.2, -0.15) is 0 Å². The van der Waals surface area contributed by atoms with Crippen molar-refractivity contribution in [1.82, 2.24) is 9.55 Å². The molecule has 0 bridgehead atoms. The van der Waals surface area contributed by atoms with Gasteiger partial charge in [0.2, 0.25) is 0 Å². The number of nitrogens with one attached hydrogen (secondary N) is 1. The summed E-state index contributed by atoms with van der Waals surface area (Å²) in [5.74, 6) is 0.521. The molecular formula is C9H12N2O2S. The molecule has 1 atom stereocenters. The quantitative estimate of drug-likeness (QED) is 0.742. The Morgan fingerprint density at radius 3 is 3.21 bits per heavy atom. The van der Waals surface area contributed by atoms with Gasteiger partial charge in [0.25, 0.3) is 5.56 Å². The Bertz CT molecular complexity index is 417. The van der Waals surface area contributed by atoms with E-state index in [2.05, 4.69) is 4.98 Å². The zero-order chi connectivity index (χ0) is 9.97. The molecule has 1 aliphatic rings. The first kappa shape index (κ1) is 9.61. The van der Waals surface area contributed by atoms with Crippen LogP contribution in [-0.2, 0) is 11.3 Å². The minimum absolute atomic E-state index is 0.145. The lowest BCUT2D eigenvalue weighted by molar-refractivity contribution is 0.182. The summed E-state index contributed by atoms with van der Waals surface area (Å²) in [6.07, 6.45) is 2.81. The van der Waals surface area contributed by atoms with Crippen molar-refractivity contribution >= 4 is 12.2 Å². The van der Waals surface area contributed by atoms with Crippen LogP contribution in [0.2, 0.25) is 0 Å². The van der Waals surface area contributed by atoms with Crippen LogP contribution in [0.4, 0.5) is 0 Å². The molecule has 1 N–H and O–H groups in total. The van der Waals surface area contributed by atoms with Gasteiger partial charge in [0.05, 0.1) is 6.61 Å².